The van der Waals surface area contributed by atoms with Gasteiger partial charge in [-0.1, -0.05) is 5.16 Å². The van der Waals surface area contributed by atoms with Gasteiger partial charge in [-0.3, -0.25) is 4.79 Å². The van der Waals surface area contributed by atoms with Gasteiger partial charge in [0.25, 0.3) is 0 Å². The fraction of sp³-hybridized carbons (Fsp3) is 0.385. The third-order valence-corrected chi connectivity index (χ3v) is 3.50. The summed E-state index contributed by atoms with van der Waals surface area (Å²) in [6.45, 7) is 0.530. The van der Waals surface area contributed by atoms with E-state index in [1.807, 2.05) is 0 Å². The summed E-state index contributed by atoms with van der Waals surface area (Å²) in [7, 11) is 0. The predicted molar refractivity (Wildman–Crippen MR) is 70.9 cm³/mol. The van der Waals surface area contributed by atoms with Crippen LogP contribution >= 0.6 is 0 Å². The van der Waals surface area contributed by atoms with Gasteiger partial charge in [0.15, 0.2) is 5.84 Å². The smallest absolute Gasteiger partial charge is 0.238 e. The van der Waals surface area contributed by atoms with E-state index in [0.717, 1.165) is 12.1 Å². The summed E-state index contributed by atoms with van der Waals surface area (Å²) in [6.07, 6.45) is 0.430. The number of carbonyl (C=O) groups is 1. The van der Waals surface area contributed by atoms with Crippen molar-refractivity contribution in [3.05, 3.63) is 29.8 Å². The Bertz CT molecular complexity index is 552. The first-order chi connectivity index (χ1) is 9.98. The second-order valence-electron chi connectivity index (χ2n) is 4.79. The van der Waals surface area contributed by atoms with Crippen LogP contribution in [0.15, 0.2) is 23.4 Å². The van der Waals surface area contributed by atoms with Gasteiger partial charge in [-0.05, 0) is 25.0 Å². The molecule has 0 unspecified atom stereocenters. The highest BCUT2D eigenvalue weighted by Crippen LogP contribution is 2.32. The molecular weight excluding hydrogens is 284 g/mol. The van der Waals surface area contributed by atoms with E-state index in [0.29, 0.717) is 6.07 Å². The first-order valence-electron chi connectivity index (χ1n) is 6.31. The summed E-state index contributed by atoms with van der Waals surface area (Å²) in [4.78, 5) is 12.4. The van der Waals surface area contributed by atoms with E-state index >= 15 is 0 Å². The highest BCUT2D eigenvalue weighted by molar-refractivity contribution is 6.11. The molecule has 1 aliphatic rings. The van der Waals surface area contributed by atoms with Crippen LogP contribution in [0.5, 0.6) is 0 Å². The molecule has 21 heavy (non-hydrogen) atoms. The number of amides is 1. The Kier molecular flexibility index (Phi) is 4.37. The van der Waals surface area contributed by atoms with Crippen LogP contribution in [0.3, 0.4) is 0 Å². The molecule has 6 nitrogen and oxygen atoms in total. The molecule has 8 heteroatoms. The van der Waals surface area contributed by atoms with E-state index in [9.17, 15) is 13.6 Å². The van der Waals surface area contributed by atoms with Crippen molar-refractivity contribution in [1.29, 1.82) is 0 Å². The summed E-state index contributed by atoms with van der Waals surface area (Å²) >= 11 is 0. The zero-order valence-corrected chi connectivity index (χ0v) is 11.1. The van der Waals surface area contributed by atoms with Crippen molar-refractivity contribution in [3.8, 4) is 0 Å². The number of anilines is 1. The summed E-state index contributed by atoms with van der Waals surface area (Å²) in [5, 5.41) is 14.2. The van der Waals surface area contributed by atoms with Crippen molar-refractivity contribution in [1.82, 2.24) is 0 Å². The Balaban J connectivity index is 2.26. The van der Waals surface area contributed by atoms with Gasteiger partial charge in [0.1, 0.15) is 17.0 Å². The number of benzene rings is 1. The Morgan fingerprint density at radius 2 is 1.86 bits per heavy atom. The molecular formula is C13H15F2N3O3. The van der Waals surface area contributed by atoms with Crippen LogP contribution in [0.25, 0.3) is 0 Å². The first kappa shape index (κ1) is 15.2. The molecule has 1 amide bonds. The number of nitrogens with zero attached hydrogens (tertiary/aromatic N) is 1. The average molecular weight is 299 g/mol. The fourth-order valence-corrected chi connectivity index (χ4v) is 2.29. The highest BCUT2D eigenvalue weighted by Gasteiger charge is 2.44. The maximum absolute atomic E-state index is 13.1. The van der Waals surface area contributed by atoms with E-state index in [1.54, 1.807) is 0 Å². The number of nitrogens with one attached hydrogen (secondary N) is 1. The standard InChI is InChI=1S/C13H15F2N3O3/c14-8-5-9(15)7-10(6-8)17-12(19)13(11(16)18-20)1-3-21-4-2-13/h5-7,20H,1-4H2,(H2,16,18)(H,17,19). The van der Waals surface area contributed by atoms with E-state index in [4.69, 9.17) is 15.7 Å². The molecule has 1 aliphatic heterocycles. The van der Waals surface area contributed by atoms with Crippen molar-refractivity contribution < 1.29 is 23.5 Å². The lowest BCUT2D eigenvalue weighted by Crippen LogP contribution is -2.50. The number of hydrogen-bond acceptors (Lipinski definition) is 4. The molecule has 1 aromatic carbocycles. The number of nitrogens with two attached hydrogens (primary N) is 1. The van der Waals surface area contributed by atoms with Gasteiger partial charge in [-0.25, -0.2) is 8.78 Å². The molecule has 2 rings (SSSR count). The van der Waals surface area contributed by atoms with E-state index in [1.165, 1.54) is 0 Å². The maximum atomic E-state index is 13.1. The second-order valence-corrected chi connectivity index (χ2v) is 4.79. The first-order valence-corrected chi connectivity index (χ1v) is 6.31. The van der Waals surface area contributed by atoms with Gasteiger partial charge in [0.05, 0.1) is 0 Å². The SMILES string of the molecule is NC(=NO)C1(C(=O)Nc2cc(F)cc(F)c2)CCOCC1. The largest absolute Gasteiger partial charge is 0.409 e. The molecule has 4 N–H and O–H groups in total. The minimum Gasteiger partial charge on any atom is -0.409 e. The highest BCUT2D eigenvalue weighted by atomic mass is 19.1. The lowest BCUT2D eigenvalue weighted by atomic mass is 9.78. The quantitative estimate of drug-likeness (QED) is 0.340. The zero-order valence-electron chi connectivity index (χ0n) is 11.1. The molecule has 1 aromatic rings. The van der Waals surface area contributed by atoms with Crippen LogP contribution in [0, 0.1) is 17.0 Å². The summed E-state index contributed by atoms with van der Waals surface area (Å²) < 4.78 is 31.4. The fourth-order valence-electron chi connectivity index (χ4n) is 2.29. The van der Waals surface area contributed by atoms with Crippen molar-refractivity contribution in [3.63, 3.8) is 0 Å². The topological polar surface area (TPSA) is 96.9 Å². The van der Waals surface area contributed by atoms with Crippen LogP contribution in [-0.4, -0.2) is 30.2 Å². The zero-order chi connectivity index (χ0) is 15.5. The lowest BCUT2D eigenvalue weighted by Gasteiger charge is -2.34. The molecule has 0 aromatic heterocycles. The third-order valence-electron chi connectivity index (χ3n) is 3.50. The maximum Gasteiger partial charge on any atom is 0.238 e. The summed E-state index contributed by atoms with van der Waals surface area (Å²) in [5.41, 5.74) is 4.35. The Hall–Kier alpha value is -2.22. The summed E-state index contributed by atoms with van der Waals surface area (Å²) in [6, 6.07) is 2.67. The molecule has 114 valence electrons. The number of ether oxygens (including phenoxy) is 1. The monoisotopic (exact) mass is 299 g/mol. The number of oxime groups is 1. The van der Waals surface area contributed by atoms with Crippen molar-refractivity contribution in [2.24, 2.45) is 16.3 Å². The van der Waals surface area contributed by atoms with Gasteiger partial charge in [-0.2, -0.15) is 0 Å². The average Bonchev–Trinajstić information content (AvgIpc) is 2.46. The molecule has 1 fully saturated rings. The van der Waals surface area contributed by atoms with Crippen LogP contribution < -0.4 is 11.1 Å². The van der Waals surface area contributed by atoms with Crippen LogP contribution in [-0.2, 0) is 9.53 Å². The van der Waals surface area contributed by atoms with Crippen LogP contribution in [0.1, 0.15) is 12.8 Å². The summed E-state index contributed by atoms with van der Waals surface area (Å²) in [5.74, 6) is -2.46. The Morgan fingerprint density at radius 1 is 1.29 bits per heavy atom. The third kappa shape index (κ3) is 3.10. The molecule has 1 heterocycles. The van der Waals surface area contributed by atoms with Gasteiger partial charge >= 0.3 is 0 Å². The Labute approximate surface area is 119 Å². The van der Waals surface area contributed by atoms with E-state index < -0.39 is 23.0 Å². The minimum absolute atomic E-state index is 0.0332. The molecule has 0 atom stereocenters. The van der Waals surface area contributed by atoms with Crippen molar-refractivity contribution in [2.45, 2.75) is 12.8 Å². The Morgan fingerprint density at radius 3 is 2.38 bits per heavy atom. The van der Waals surface area contributed by atoms with E-state index in [-0.39, 0.29) is 37.6 Å². The molecule has 1 saturated heterocycles. The lowest BCUT2D eigenvalue weighted by molar-refractivity contribution is -0.126. The minimum atomic E-state index is -1.25. The molecule has 0 aliphatic carbocycles. The number of rotatable bonds is 3. The van der Waals surface area contributed by atoms with E-state index in [2.05, 4.69) is 10.5 Å². The van der Waals surface area contributed by atoms with Gasteiger partial charge < -0.3 is 21.0 Å². The number of halogens is 2. The van der Waals surface area contributed by atoms with Crippen molar-refractivity contribution in [2.75, 3.05) is 18.5 Å². The van der Waals surface area contributed by atoms with Gasteiger partial charge in [0, 0.05) is 25.0 Å². The van der Waals surface area contributed by atoms with Crippen molar-refractivity contribution >= 4 is 17.4 Å². The van der Waals surface area contributed by atoms with Gasteiger partial charge in [-0.15, -0.1) is 0 Å². The number of amidine groups is 1. The van der Waals surface area contributed by atoms with Crippen LogP contribution in [0.4, 0.5) is 14.5 Å². The van der Waals surface area contributed by atoms with Crippen LogP contribution in [0.2, 0.25) is 0 Å². The molecule has 0 saturated carbocycles. The normalized spacial score (nSPS) is 18.3. The number of carbonyl (C=O) groups excluding carboxylic acids is 1. The molecule has 0 radical (unpaired) electrons. The molecule has 0 bridgehead atoms. The number of hydrogen-bond donors (Lipinski definition) is 3. The second kappa shape index (κ2) is 6.04. The predicted octanol–water partition coefficient (Wildman–Crippen LogP) is 1.45. The van der Waals surface area contributed by atoms with Gasteiger partial charge in [0.2, 0.25) is 5.91 Å². The molecule has 0 spiro atoms.